The van der Waals surface area contributed by atoms with Crippen molar-refractivity contribution in [2.45, 2.75) is 88.9 Å². The molecule has 0 N–H and O–H groups in total. The molecule has 0 spiro atoms. The first-order valence-corrected chi connectivity index (χ1v) is 10.4. The molecule has 0 radical (unpaired) electrons. The molecule has 5 rings (SSSR count). The first kappa shape index (κ1) is 15.0. The van der Waals surface area contributed by atoms with E-state index >= 15 is 0 Å². The molecule has 0 saturated heterocycles. The van der Waals surface area contributed by atoms with Gasteiger partial charge in [0.25, 0.3) is 10.0 Å². The molecule has 5 aliphatic rings. The van der Waals surface area contributed by atoms with Crippen molar-refractivity contribution in [3.05, 3.63) is 0 Å². The highest BCUT2D eigenvalue weighted by atomic mass is 32.2. The minimum atomic E-state index is -3.35. The fraction of sp³-hybridized carbons (Fsp3) is 0.941. The molecule has 2 atom stereocenters. The van der Waals surface area contributed by atoms with Crippen LogP contribution in [-0.4, -0.2) is 25.7 Å². The average Bonchev–Trinajstić information content (AvgIpc) is 2.48. The molecular weight excluding hydrogens is 298 g/mol. The molecule has 0 amide bonds. The van der Waals surface area contributed by atoms with Gasteiger partial charge in [0, 0.05) is 6.42 Å². The maximum Gasteiger partial charge on any atom is 0.262 e. The number of nitrogens with zero attached hydrogens (tertiary/aromatic N) is 1. The van der Waals surface area contributed by atoms with Gasteiger partial charge in [0.2, 0.25) is 5.90 Å². The lowest BCUT2D eigenvalue weighted by Crippen LogP contribution is -2.46. The fourth-order valence-corrected chi connectivity index (χ4v) is 6.62. The summed E-state index contributed by atoms with van der Waals surface area (Å²) in [5.74, 6) is 0.522. The van der Waals surface area contributed by atoms with Gasteiger partial charge in [-0.2, -0.15) is 0 Å². The Hall–Kier alpha value is -0.580. The lowest BCUT2D eigenvalue weighted by atomic mass is 9.53. The Morgan fingerprint density at radius 3 is 2.41 bits per heavy atom. The van der Waals surface area contributed by atoms with Gasteiger partial charge < -0.3 is 4.74 Å². The van der Waals surface area contributed by atoms with Crippen molar-refractivity contribution in [3.8, 4) is 0 Å². The van der Waals surface area contributed by atoms with Crippen molar-refractivity contribution in [2.75, 3.05) is 0 Å². The highest BCUT2D eigenvalue weighted by Gasteiger charge is 2.48. The third-order valence-electron chi connectivity index (χ3n) is 6.84. The number of fused-ring (bicyclic) bond motifs is 4. The summed E-state index contributed by atoms with van der Waals surface area (Å²) in [6.07, 6.45) is 11.7. The van der Waals surface area contributed by atoms with Crippen LogP contribution in [0.3, 0.4) is 0 Å². The lowest BCUT2D eigenvalue weighted by molar-refractivity contribution is 0.00219. The molecule has 1 aliphatic heterocycles. The summed E-state index contributed by atoms with van der Waals surface area (Å²) in [6.45, 7) is 2.40. The Balaban J connectivity index is 1.55. The van der Waals surface area contributed by atoms with Gasteiger partial charge in [0.05, 0.1) is 0 Å². The van der Waals surface area contributed by atoms with Crippen LogP contribution in [0.25, 0.3) is 0 Å². The van der Waals surface area contributed by atoms with Crippen LogP contribution < -0.4 is 0 Å². The van der Waals surface area contributed by atoms with Crippen molar-refractivity contribution in [1.82, 2.24) is 0 Å². The quantitative estimate of drug-likeness (QED) is 0.776. The zero-order chi connectivity index (χ0) is 15.4. The Morgan fingerprint density at radius 1 is 1.09 bits per heavy atom. The van der Waals surface area contributed by atoms with E-state index in [1.54, 1.807) is 0 Å². The molecule has 4 nitrogen and oxygen atoms in total. The van der Waals surface area contributed by atoms with Crippen LogP contribution in [-0.2, 0) is 14.8 Å². The van der Waals surface area contributed by atoms with E-state index in [1.807, 2.05) is 0 Å². The average molecular weight is 325 g/mol. The summed E-state index contributed by atoms with van der Waals surface area (Å²) in [4.78, 5) is 0. The van der Waals surface area contributed by atoms with E-state index in [9.17, 15) is 8.42 Å². The standard InChI is InChI=1S/C17H27NO3S/c1-16-6-9-17(10-7-16,11-8-16)12-15-18-22(19,20)14-5-3-2-4-13(14)21-15/h13-14H,2-12H2,1H3/t13-,14+,16?,17?/m0/s1. The minimum absolute atomic E-state index is 0.139. The molecule has 124 valence electrons. The molecule has 4 aliphatic carbocycles. The molecule has 5 heteroatoms. The summed E-state index contributed by atoms with van der Waals surface area (Å²) >= 11 is 0. The number of hydrogen-bond donors (Lipinski definition) is 0. The zero-order valence-electron chi connectivity index (χ0n) is 13.5. The first-order valence-electron chi connectivity index (χ1n) is 8.89. The molecule has 2 bridgehead atoms. The second-order valence-corrected chi connectivity index (χ2v) is 10.3. The molecule has 4 fully saturated rings. The highest BCUT2D eigenvalue weighted by Crippen LogP contribution is 2.58. The second kappa shape index (κ2) is 4.96. The van der Waals surface area contributed by atoms with E-state index in [2.05, 4.69) is 11.3 Å². The van der Waals surface area contributed by atoms with E-state index in [-0.39, 0.29) is 16.8 Å². The van der Waals surface area contributed by atoms with Crippen molar-refractivity contribution >= 4 is 15.9 Å². The molecule has 0 aromatic carbocycles. The van der Waals surface area contributed by atoms with Gasteiger partial charge in [-0.1, -0.05) is 13.3 Å². The summed E-state index contributed by atoms with van der Waals surface area (Å²) in [5.41, 5.74) is 0.797. The van der Waals surface area contributed by atoms with E-state index < -0.39 is 10.0 Å². The maximum absolute atomic E-state index is 12.5. The van der Waals surface area contributed by atoms with E-state index in [0.29, 0.717) is 17.7 Å². The number of hydrogen-bond acceptors (Lipinski definition) is 3. The Kier molecular flexibility index (Phi) is 3.37. The van der Waals surface area contributed by atoms with Gasteiger partial charge in [-0.25, -0.2) is 8.42 Å². The summed E-state index contributed by atoms with van der Waals surface area (Å²) in [6, 6.07) is 0. The van der Waals surface area contributed by atoms with Gasteiger partial charge in [-0.3, -0.25) is 0 Å². The summed E-state index contributed by atoms with van der Waals surface area (Å²) in [7, 11) is -3.35. The molecular formula is C17H27NO3S. The SMILES string of the molecule is CC12CCC(CC3=NS(=O)(=O)[C@@H]4CCCC[C@@H]4O3)(CC1)CC2. The Morgan fingerprint density at radius 2 is 1.73 bits per heavy atom. The third-order valence-corrected chi connectivity index (χ3v) is 8.61. The molecule has 0 unspecified atom stereocenters. The van der Waals surface area contributed by atoms with Crippen LogP contribution in [0.5, 0.6) is 0 Å². The van der Waals surface area contributed by atoms with Crippen molar-refractivity contribution in [1.29, 1.82) is 0 Å². The van der Waals surface area contributed by atoms with Crippen LogP contribution in [0, 0.1) is 10.8 Å². The van der Waals surface area contributed by atoms with Crippen LogP contribution in [0.4, 0.5) is 0 Å². The fourth-order valence-electron chi connectivity index (χ4n) is 5.05. The van der Waals surface area contributed by atoms with Gasteiger partial charge in [-0.05, 0) is 68.6 Å². The van der Waals surface area contributed by atoms with Crippen LogP contribution >= 0.6 is 0 Å². The predicted octanol–water partition coefficient (Wildman–Crippen LogP) is 3.81. The first-order chi connectivity index (χ1) is 10.4. The van der Waals surface area contributed by atoms with Crippen molar-refractivity contribution in [3.63, 3.8) is 0 Å². The second-order valence-electron chi connectivity index (χ2n) is 8.47. The summed E-state index contributed by atoms with van der Waals surface area (Å²) < 4.78 is 35.1. The zero-order valence-corrected chi connectivity index (χ0v) is 14.3. The topological polar surface area (TPSA) is 55.7 Å². The van der Waals surface area contributed by atoms with Crippen LogP contribution in [0.1, 0.15) is 77.6 Å². The van der Waals surface area contributed by atoms with Gasteiger partial charge in [-0.15, -0.1) is 4.40 Å². The number of sulfonamides is 1. The van der Waals surface area contributed by atoms with E-state index in [0.717, 1.165) is 25.7 Å². The Labute approximate surface area is 133 Å². The smallest absolute Gasteiger partial charge is 0.262 e. The van der Waals surface area contributed by atoms with E-state index in [4.69, 9.17) is 4.74 Å². The largest absolute Gasteiger partial charge is 0.475 e. The minimum Gasteiger partial charge on any atom is -0.475 e. The van der Waals surface area contributed by atoms with Crippen molar-refractivity contribution < 1.29 is 13.2 Å². The molecule has 1 heterocycles. The van der Waals surface area contributed by atoms with Gasteiger partial charge in [0.15, 0.2) is 0 Å². The third kappa shape index (κ3) is 2.49. The monoisotopic (exact) mass is 325 g/mol. The highest BCUT2D eigenvalue weighted by molar-refractivity contribution is 7.91. The lowest BCUT2D eigenvalue weighted by Gasteiger charge is -2.52. The Bertz CT molecular complexity index is 570. The normalized spacial score (nSPS) is 46.5. The van der Waals surface area contributed by atoms with E-state index in [1.165, 1.54) is 38.5 Å². The predicted molar refractivity (Wildman–Crippen MR) is 86.3 cm³/mol. The van der Waals surface area contributed by atoms with Gasteiger partial charge in [0.1, 0.15) is 11.4 Å². The number of rotatable bonds is 2. The van der Waals surface area contributed by atoms with Crippen LogP contribution in [0.2, 0.25) is 0 Å². The van der Waals surface area contributed by atoms with Gasteiger partial charge >= 0.3 is 0 Å². The molecule has 0 aromatic rings. The molecule has 22 heavy (non-hydrogen) atoms. The van der Waals surface area contributed by atoms with Crippen LogP contribution in [0.15, 0.2) is 4.40 Å². The summed E-state index contributed by atoms with van der Waals surface area (Å²) in [5, 5.41) is -0.386. The number of ether oxygens (including phenoxy) is 1. The van der Waals surface area contributed by atoms with Crippen molar-refractivity contribution in [2.24, 2.45) is 15.2 Å². The maximum atomic E-state index is 12.5. The molecule has 0 aromatic heterocycles. The molecule has 4 saturated carbocycles.